The third-order valence-electron chi connectivity index (χ3n) is 4.00. The van der Waals surface area contributed by atoms with E-state index in [0.29, 0.717) is 35.8 Å². The number of rotatable bonds is 5. The molecule has 2 aromatic heterocycles. The topological polar surface area (TPSA) is 102 Å². The Morgan fingerprint density at radius 2 is 1.83 bits per heavy atom. The average molecular weight is 330 g/mol. The first-order valence-electron chi connectivity index (χ1n) is 8.28. The van der Waals surface area contributed by atoms with Crippen molar-refractivity contribution >= 4 is 17.7 Å². The number of nitrogens with one attached hydrogen (secondary N) is 1. The second-order valence-corrected chi connectivity index (χ2v) is 5.83. The molecule has 3 heterocycles. The number of Topliss-reactive ketones (excluding diaryl/α,β-unsaturated/α-hetero) is 1. The molecule has 0 bridgehead atoms. The molecule has 1 fully saturated rings. The van der Waals surface area contributed by atoms with Gasteiger partial charge in [0.2, 0.25) is 11.9 Å². The smallest absolute Gasteiger partial charge is 0.258 e. The lowest BCUT2D eigenvalue weighted by Crippen LogP contribution is -2.31. The number of aromatic nitrogens is 6. The molecule has 0 radical (unpaired) electrons. The first-order valence-corrected chi connectivity index (χ1v) is 8.28. The molecule has 9 heteroatoms. The van der Waals surface area contributed by atoms with Crippen molar-refractivity contribution in [2.45, 2.75) is 40.0 Å². The number of hydrogen-bond acceptors (Lipinski definition) is 8. The maximum Gasteiger partial charge on any atom is 0.258 e. The van der Waals surface area contributed by atoms with Crippen LogP contribution in [0.25, 0.3) is 5.95 Å². The molecule has 128 valence electrons. The molecule has 0 spiro atoms. The fraction of sp³-hybridized carbons (Fsp3) is 0.600. The lowest BCUT2D eigenvalue weighted by atomic mass is 10.1. The van der Waals surface area contributed by atoms with Crippen molar-refractivity contribution in [1.29, 1.82) is 0 Å². The highest BCUT2D eigenvalue weighted by Gasteiger charge is 2.20. The Labute approximate surface area is 140 Å². The van der Waals surface area contributed by atoms with Gasteiger partial charge in [-0.1, -0.05) is 5.21 Å². The highest BCUT2D eigenvalue weighted by atomic mass is 16.1. The predicted octanol–water partition coefficient (Wildman–Crippen LogP) is 1.39. The van der Waals surface area contributed by atoms with Crippen LogP contribution in [-0.2, 0) is 0 Å². The Balaban J connectivity index is 2.03. The molecule has 0 saturated carbocycles. The van der Waals surface area contributed by atoms with E-state index < -0.39 is 0 Å². The van der Waals surface area contributed by atoms with E-state index in [9.17, 15) is 4.79 Å². The fourth-order valence-electron chi connectivity index (χ4n) is 2.77. The second kappa shape index (κ2) is 6.90. The monoisotopic (exact) mass is 330 g/mol. The van der Waals surface area contributed by atoms with Crippen molar-refractivity contribution in [1.82, 2.24) is 29.9 Å². The predicted molar refractivity (Wildman–Crippen MR) is 89.7 cm³/mol. The van der Waals surface area contributed by atoms with Gasteiger partial charge in [0, 0.05) is 26.6 Å². The number of hydrogen-bond donors (Lipinski definition) is 1. The van der Waals surface area contributed by atoms with E-state index in [2.05, 4.69) is 35.5 Å². The molecule has 1 aliphatic rings. The zero-order chi connectivity index (χ0) is 17.1. The Kier molecular flexibility index (Phi) is 4.68. The molecule has 0 atom stereocenters. The van der Waals surface area contributed by atoms with Crippen molar-refractivity contribution in [3.63, 3.8) is 0 Å². The minimum atomic E-state index is -0.129. The highest BCUT2D eigenvalue weighted by molar-refractivity contribution is 5.93. The van der Waals surface area contributed by atoms with Gasteiger partial charge < -0.3 is 10.2 Å². The number of anilines is 2. The summed E-state index contributed by atoms with van der Waals surface area (Å²) in [6, 6.07) is 0. The van der Waals surface area contributed by atoms with Gasteiger partial charge in [-0.15, -0.1) is 5.10 Å². The Bertz CT molecular complexity index is 735. The van der Waals surface area contributed by atoms with Crippen LogP contribution in [0.1, 0.15) is 49.3 Å². The Hall–Kier alpha value is -2.58. The Morgan fingerprint density at radius 3 is 2.46 bits per heavy atom. The average Bonchev–Trinajstić information content (AvgIpc) is 2.97. The first kappa shape index (κ1) is 16.3. The van der Waals surface area contributed by atoms with Gasteiger partial charge in [-0.2, -0.15) is 19.6 Å². The van der Waals surface area contributed by atoms with Crippen LogP contribution >= 0.6 is 0 Å². The summed E-state index contributed by atoms with van der Waals surface area (Å²) in [6.45, 7) is 7.82. The molecular weight excluding hydrogens is 308 g/mol. The standard InChI is InChI=1S/C15H22N8O/c1-4-16-13-17-14(22-8-6-5-7-9-22)19-15(18-13)23-10(2)12(11(3)24)20-21-23/h4-9H2,1-3H3,(H,16,17,18,19). The quantitative estimate of drug-likeness (QED) is 0.821. The molecule has 24 heavy (non-hydrogen) atoms. The van der Waals surface area contributed by atoms with E-state index in [-0.39, 0.29) is 5.78 Å². The maximum atomic E-state index is 11.6. The summed E-state index contributed by atoms with van der Waals surface area (Å²) in [5.74, 6) is 1.38. The van der Waals surface area contributed by atoms with E-state index in [1.807, 2.05) is 6.92 Å². The minimum absolute atomic E-state index is 0.129. The lowest BCUT2D eigenvalue weighted by Gasteiger charge is -2.26. The molecule has 1 saturated heterocycles. The fourth-order valence-corrected chi connectivity index (χ4v) is 2.77. The number of carbonyl (C=O) groups is 1. The van der Waals surface area contributed by atoms with Gasteiger partial charge in [0.25, 0.3) is 5.95 Å². The maximum absolute atomic E-state index is 11.6. The van der Waals surface area contributed by atoms with E-state index in [4.69, 9.17) is 0 Å². The van der Waals surface area contributed by atoms with Gasteiger partial charge in [0.05, 0.1) is 5.69 Å². The van der Waals surface area contributed by atoms with E-state index in [0.717, 1.165) is 25.9 Å². The van der Waals surface area contributed by atoms with Crippen molar-refractivity contribution in [2.24, 2.45) is 0 Å². The zero-order valence-electron chi connectivity index (χ0n) is 14.3. The lowest BCUT2D eigenvalue weighted by molar-refractivity contribution is 0.101. The number of ketones is 1. The third-order valence-corrected chi connectivity index (χ3v) is 4.00. The summed E-state index contributed by atoms with van der Waals surface area (Å²) in [5.41, 5.74) is 0.959. The molecule has 1 N–H and O–H groups in total. The van der Waals surface area contributed by atoms with Crippen molar-refractivity contribution in [3.05, 3.63) is 11.4 Å². The largest absolute Gasteiger partial charge is 0.354 e. The molecule has 2 aromatic rings. The highest BCUT2D eigenvalue weighted by Crippen LogP contribution is 2.19. The van der Waals surface area contributed by atoms with Gasteiger partial charge in [0.1, 0.15) is 0 Å². The van der Waals surface area contributed by atoms with E-state index >= 15 is 0 Å². The number of piperidine rings is 1. The van der Waals surface area contributed by atoms with Gasteiger partial charge in [0.15, 0.2) is 11.5 Å². The van der Waals surface area contributed by atoms with Crippen LogP contribution in [-0.4, -0.2) is 55.4 Å². The molecule has 9 nitrogen and oxygen atoms in total. The second-order valence-electron chi connectivity index (χ2n) is 5.83. The van der Waals surface area contributed by atoms with Crippen LogP contribution in [0.15, 0.2) is 0 Å². The van der Waals surface area contributed by atoms with Gasteiger partial charge in [-0.05, 0) is 33.1 Å². The SMILES string of the molecule is CCNc1nc(N2CCCCC2)nc(-n2nnc(C(C)=O)c2C)n1. The normalized spacial score (nSPS) is 14.7. The minimum Gasteiger partial charge on any atom is -0.354 e. The van der Waals surface area contributed by atoms with Crippen LogP contribution in [0.4, 0.5) is 11.9 Å². The molecule has 0 aliphatic carbocycles. The zero-order valence-corrected chi connectivity index (χ0v) is 14.3. The van der Waals surface area contributed by atoms with Crippen LogP contribution < -0.4 is 10.2 Å². The summed E-state index contributed by atoms with van der Waals surface area (Å²) in [7, 11) is 0. The molecule has 1 aliphatic heterocycles. The summed E-state index contributed by atoms with van der Waals surface area (Å²) in [6.07, 6.45) is 3.50. The van der Waals surface area contributed by atoms with Crippen LogP contribution in [0.5, 0.6) is 0 Å². The summed E-state index contributed by atoms with van der Waals surface area (Å²) in [4.78, 5) is 27.2. The van der Waals surface area contributed by atoms with Crippen molar-refractivity contribution in [2.75, 3.05) is 29.9 Å². The Morgan fingerprint density at radius 1 is 1.12 bits per heavy atom. The molecule has 0 aromatic carbocycles. The van der Waals surface area contributed by atoms with Gasteiger partial charge in [-0.3, -0.25) is 4.79 Å². The van der Waals surface area contributed by atoms with Crippen LogP contribution in [0.2, 0.25) is 0 Å². The third kappa shape index (κ3) is 3.19. The number of carbonyl (C=O) groups excluding carboxylic acids is 1. The molecule has 3 rings (SSSR count). The van der Waals surface area contributed by atoms with Gasteiger partial charge >= 0.3 is 0 Å². The first-order chi connectivity index (χ1) is 11.6. The van der Waals surface area contributed by atoms with Crippen LogP contribution in [0, 0.1) is 6.92 Å². The number of nitrogens with zero attached hydrogens (tertiary/aromatic N) is 7. The van der Waals surface area contributed by atoms with E-state index in [1.54, 1.807) is 6.92 Å². The molecule has 0 amide bonds. The summed E-state index contributed by atoms with van der Waals surface area (Å²) >= 11 is 0. The van der Waals surface area contributed by atoms with Crippen molar-refractivity contribution in [3.8, 4) is 5.95 Å². The van der Waals surface area contributed by atoms with E-state index in [1.165, 1.54) is 18.0 Å². The molecule has 0 unspecified atom stereocenters. The summed E-state index contributed by atoms with van der Waals surface area (Å²) in [5, 5.41) is 11.1. The summed E-state index contributed by atoms with van der Waals surface area (Å²) < 4.78 is 1.49. The molecular formula is C15H22N8O. The van der Waals surface area contributed by atoms with Crippen LogP contribution in [0.3, 0.4) is 0 Å². The van der Waals surface area contributed by atoms with Gasteiger partial charge in [-0.25, -0.2) is 0 Å². The van der Waals surface area contributed by atoms with Crippen molar-refractivity contribution < 1.29 is 4.79 Å².